The van der Waals surface area contributed by atoms with Crippen LogP contribution in [0.5, 0.6) is 11.5 Å². The van der Waals surface area contributed by atoms with Crippen molar-refractivity contribution in [2.75, 3.05) is 14.2 Å². The van der Waals surface area contributed by atoms with E-state index in [1.54, 1.807) is 14.2 Å². The van der Waals surface area contributed by atoms with Gasteiger partial charge in [-0.05, 0) is 58.7 Å². The van der Waals surface area contributed by atoms with Crippen molar-refractivity contribution in [1.29, 1.82) is 0 Å². The van der Waals surface area contributed by atoms with Gasteiger partial charge < -0.3 is 9.47 Å². The largest absolute Gasteiger partial charge is 0.496 e. The van der Waals surface area contributed by atoms with Gasteiger partial charge in [-0.3, -0.25) is 0 Å². The number of nitrogens with zero attached hydrogens (tertiary/aromatic N) is 4. The van der Waals surface area contributed by atoms with Gasteiger partial charge >= 0.3 is 0 Å². The summed E-state index contributed by atoms with van der Waals surface area (Å²) in [5, 5.41) is 5.13. The number of methoxy groups -OCH3 is 2. The molecule has 8 aromatic rings. The zero-order valence-corrected chi connectivity index (χ0v) is 31.0. The van der Waals surface area contributed by atoms with Crippen LogP contribution >= 0.6 is 0 Å². The Morgan fingerprint density at radius 2 is 0.906 bits per heavy atom. The van der Waals surface area contributed by atoms with Gasteiger partial charge in [-0.15, -0.1) is 0 Å². The number of aromatic nitrogens is 4. The van der Waals surface area contributed by atoms with Crippen molar-refractivity contribution in [3.8, 4) is 11.5 Å². The van der Waals surface area contributed by atoms with Crippen molar-refractivity contribution in [3.05, 3.63) is 191 Å². The van der Waals surface area contributed by atoms with Gasteiger partial charge in [0.05, 0.1) is 14.2 Å². The first-order valence-electron chi connectivity index (χ1n) is 18.3. The van der Waals surface area contributed by atoms with Crippen LogP contribution in [0.15, 0.2) is 147 Å². The Labute approximate surface area is 311 Å². The highest BCUT2D eigenvalue weighted by Crippen LogP contribution is 2.33. The lowest BCUT2D eigenvalue weighted by Crippen LogP contribution is -2.32. The fraction of sp³-hybridized carbons (Fsp3) is 0.191. The molecule has 6 aromatic carbocycles. The van der Waals surface area contributed by atoms with E-state index in [1.165, 1.54) is 43.8 Å². The Bertz CT molecular complexity index is 2370. The lowest BCUT2D eigenvalue weighted by atomic mass is 9.95. The van der Waals surface area contributed by atoms with Crippen LogP contribution in [0.1, 0.15) is 44.5 Å². The summed E-state index contributed by atoms with van der Waals surface area (Å²) in [4.78, 5) is 0. The molecular formula is C47H46N4O2+2. The molecule has 6 heteroatoms. The van der Waals surface area contributed by atoms with Crippen LogP contribution in [-0.2, 0) is 32.6 Å². The van der Waals surface area contributed by atoms with Crippen LogP contribution in [0.4, 0.5) is 0 Å². The van der Waals surface area contributed by atoms with Gasteiger partial charge in [0, 0.05) is 28.7 Å². The normalized spacial score (nSPS) is 11.4. The lowest BCUT2D eigenvalue weighted by molar-refractivity contribution is -0.688. The maximum Gasteiger partial charge on any atom is 0.244 e. The summed E-state index contributed by atoms with van der Waals surface area (Å²) in [6.45, 7) is 7.38. The predicted molar refractivity (Wildman–Crippen MR) is 212 cm³/mol. The first-order chi connectivity index (χ1) is 25.9. The minimum Gasteiger partial charge on any atom is -0.496 e. The van der Waals surface area contributed by atoms with Gasteiger partial charge in [-0.1, -0.05) is 108 Å². The number of aryl methyl sites for hydroxylation is 2. The standard InChI is InChI=1S/C47H46N4O2/c1-34-23-40(46(52-3)42(25-34)30-50-21-19-48(32-50)28-38-15-9-13-36-11-5-7-17-44(36)38)27-41-24-35(2)26-43(47(41)53-4)31-51-22-20-49(33-51)29-39-16-10-14-37-12-6-8-18-45(37)39/h5-26,32-33H,27-31H2,1-4H3/q+2. The molecule has 0 aliphatic rings. The van der Waals surface area contributed by atoms with E-state index >= 15 is 0 Å². The zero-order chi connectivity index (χ0) is 36.3. The second-order valence-corrected chi connectivity index (χ2v) is 14.2. The number of hydrogen-bond acceptors (Lipinski definition) is 2. The van der Waals surface area contributed by atoms with E-state index in [9.17, 15) is 0 Å². The fourth-order valence-electron chi connectivity index (χ4n) is 7.98. The van der Waals surface area contributed by atoms with E-state index in [0.29, 0.717) is 19.5 Å². The molecule has 264 valence electrons. The Morgan fingerprint density at radius 3 is 1.36 bits per heavy atom. The third-order valence-corrected chi connectivity index (χ3v) is 10.2. The number of benzene rings is 6. The molecule has 0 aliphatic heterocycles. The number of rotatable bonds is 12. The van der Waals surface area contributed by atoms with Gasteiger partial charge in [-0.25, -0.2) is 18.3 Å². The molecule has 0 N–H and O–H groups in total. The minimum atomic E-state index is 0.704. The van der Waals surface area contributed by atoms with Crippen LogP contribution in [-0.4, -0.2) is 23.4 Å². The predicted octanol–water partition coefficient (Wildman–Crippen LogP) is 8.59. The molecule has 0 aliphatic carbocycles. The highest BCUT2D eigenvalue weighted by Gasteiger charge is 2.20. The summed E-state index contributed by atoms with van der Waals surface area (Å²) in [6.07, 6.45) is 13.7. The smallest absolute Gasteiger partial charge is 0.244 e. The van der Waals surface area contributed by atoms with Crippen molar-refractivity contribution in [2.45, 2.75) is 46.4 Å². The molecule has 0 atom stereocenters. The van der Waals surface area contributed by atoms with Crippen molar-refractivity contribution < 1.29 is 18.6 Å². The zero-order valence-electron chi connectivity index (χ0n) is 31.0. The van der Waals surface area contributed by atoms with Crippen molar-refractivity contribution in [1.82, 2.24) is 9.13 Å². The van der Waals surface area contributed by atoms with E-state index < -0.39 is 0 Å². The first-order valence-corrected chi connectivity index (χ1v) is 18.3. The highest BCUT2D eigenvalue weighted by atomic mass is 16.5. The second-order valence-electron chi connectivity index (χ2n) is 14.2. The van der Waals surface area contributed by atoms with Crippen LogP contribution < -0.4 is 18.6 Å². The van der Waals surface area contributed by atoms with Gasteiger partial charge in [0.1, 0.15) is 62.5 Å². The van der Waals surface area contributed by atoms with Gasteiger partial charge in [0.25, 0.3) is 0 Å². The Kier molecular flexibility index (Phi) is 9.51. The van der Waals surface area contributed by atoms with Gasteiger partial charge in [-0.2, -0.15) is 0 Å². The third kappa shape index (κ3) is 7.31. The maximum atomic E-state index is 6.17. The fourth-order valence-corrected chi connectivity index (χ4v) is 7.98. The average Bonchev–Trinajstić information content (AvgIpc) is 3.80. The molecule has 2 aromatic heterocycles. The summed E-state index contributed by atoms with van der Waals surface area (Å²) in [5.74, 6) is 1.85. The Morgan fingerprint density at radius 1 is 0.491 bits per heavy atom. The van der Waals surface area contributed by atoms with Crippen molar-refractivity contribution >= 4 is 21.5 Å². The molecule has 8 rings (SSSR count). The monoisotopic (exact) mass is 698 g/mol. The topological polar surface area (TPSA) is 36.1 Å². The van der Waals surface area contributed by atoms with Gasteiger partial charge in [0.15, 0.2) is 0 Å². The van der Waals surface area contributed by atoms with Crippen LogP contribution in [0.2, 0.25) is 0 Å². The minimum absolute atomic E-state index is 0.704. The molecule has 0 spiro atoms. The molecular weight excluding hydrogens is 653 g/mol. The second kappa shape index (κ2) is 14.8. The Hall–Kier alpha value is -6.14. The maximum absolute atomic E-state index is 6.17. The summed E-state index contributed by atoms with van der Waals surface area (Å²) >= 11 is 0. The molecule has 0 bridgehead atoms. The van der Waals surface area contributed by atoms with Crippen molar-refractivity contribution in [2.24, 2.45) is 0 Å². The highest BCUT2D eigenvalue weighted by molar-refractivity contribution is 5.86. The molecule has 0 amide bonds. The molecule has 2 heterocycles. The number of hydrogen-bond donors (Lipinski definition) is 0. The Balaban J connectivity index is 1.02. The van der Waals surface area contributed by atoms with E-state index in [-0.39, 0.29) is 0 Å². The number of ether oxygens (including phenoxy) is 2. The average molecular weight is 699 g/mol. The summed E-state index contributed by atoms with van der Waals surface area (Å²) in [7, 11) is 3.57. The number of imidazole rings is 2. The SMILES string of the molecule is COc1c(Cc2cc(C)cc(C[n+]3ccn(Cc4cccc5ccccc45)c3)c2OC)cc(C)cc1C[n+]1ccn(Cc2cccc3ccccc23)c1. The van der Waals surface area contributed by atoms with Crippen LogP contribution in [0, 0.1) is 13.8 Å². The van der Waals surface area contributed by atoms with E-state index in [4.69, 9.17) is 9.47 Å². The third-order valence-electron chi connectivity index (χ3n) is 10.2. The van der Waals surface area contributed by atoms with Crippen LogP contribution in [0.25, 0.3) is 21.5 Å². The first kappa shape index (κ1) is 34.0. The van der Waals surface area contributed by atoms with Gasteiger partial charge in [0.2, 0.25) is 12.7 Å². The lowest BCUT2D eigenvalue weighted by Gasteiger charge is -2.18. The number of fused-ring (bicyclic) bond motifs is 2. The molecule has 6 nitrogen and oxygen atoms in total. The molecule has 0 unspecified atom stereocenters. The molecule has 53 heavy (non-hydrogen) atoms. The summed E-state index contributed by atoms with van der Waals surface area (Å²) < 4.78 is 21.3. The molecule has 0 saturated heterocycles. The summed E-state index contributed by atoms with van der Waals surface area (Å²) in [6, 6.07) is 39.3. The summed E-state index contributed by atoms with van der Waals surface area (Å²) in [5.41, 5.74) is 9.66. The molecule has 0 radical (unpaired) electrons. The van der Waals surface area contributed by atoms with Crippen LogP contribution in [0.3, 0.4) is 0 Å². The van der Waals surface area contributed by atoms with E-state index in [0.717, 1.165) is 46.8 Å². The molecule has 0 fully saturated rings. The van der Waals surface area contributed by atoms with E-state index in [2.05, 4.69) is 179 Å². The van der Waals surface area contributed by atoms with Crippen molar-refractivity contribution in [3.63, 3.8) is 0 Å². The molecule has 0 saturated carbocycles. The quantitative estimate of drug-likeness (QED) is 0.120. The van der Waals surface area contributed by atoms with E-state index in [1.807, 2.05) is 0 Å².